The molecule has 2 rings (SSSR count). The van der Waals surface area contributed by atoms with Gasteiger partial charge in [0.15, 0.2) is 0 Å². The Morgan fingerprint density at radius 1 is 1.25 bits per heavy atom. The maximum Gasteiger partial charge on any atom is 0.131 e. The standard InChI is InChI=1S/C16H17BrFNO/c1-10-3-6-14(9-15(10)18)20-16-8-13(17)5-4-12(16)7-11(2)19/h3-6,8-9,11H,7,19H2,1-2H3. The van der Waals surface area contributed by atoms with Crippen molar-refractivity contribution in [2.24, 2.45) is 5.73 Å². The van der Waals surface area contributed by atoms with E-state index in [4.69, 9.17) is 10.5 Å². The van der Waals surface area contributed by atoms with Crippen LogP contribution in [0.15, 0.2) is 40.9 Å². The molecule has 2 nitrogen and oxygen atoms in total. The Bertz CT molecular complexity index is 613. The van der Waals surface area contributed by atoms with Gasteiger partial charge < -0.3 is 10.5 Å². The van der Waals surface area contributed by atoms with Gasteiger partial charge in [-0.05, 0) is 49.6 Å². The molecule has 0 aromatic heterocycles. The van der Waals surface area contributed by atoms with E-state index < -0.39 is 0 Å². The van der Waals surface area contributed by atoms with Crippen molar-refractivity contribution in [3.63, 3.8) is 0 Å². The molecule has 0 radical (unpaired) electrons. The summed E-state index contributed by atoms with van der Waals surface area (Å²) < 4.78 is 20.3. The van der Waals surface area contributed by atoms with Crippen LogP contribution < -0.4 is 10.5 Å². The maximum absolute atomic E-state index is 13.6. The molecular formula is C16H17BrFNO. The minimum atomic E-state index is -0.272. The maximum atomic E-state index is 13.6. The second kappa shape index (κ2) is 6.37. The first-order valence-corrected chi connectivity index (χ1v) is 7.23. The van der Waals surface area contributed by atoms with E-state index in [-0.39, 0.29) is 11.9 Å². The van der Waals surface area contributed by atoms with Crippen molar-refractivity contribution in [2.45, 2.75) is 26.3 Å². The van der Waals surface area contributed by atoms with E-state index >= 15 is 0 Å². The fourth-order valence-corrected chi connectivity index (χ4v) is 2.24. The molecule has 20 heavy (non-hydrogen) atoms. The molecule has 106 valence electrons. The zero-order valence-corrected chi connectivity index (χ0v) is 13.1. The van der Waals surface area contributed by atoms with Crippen molar-refractivity contribution < 1.29 is 9.13 Å². The van der Waals surface area contributed by atoms with Crippen LogP contribution in [0.4, 0.5) is 4.39 Å². The van der Waals surface area contributed by atoms with Gasteiger partial charge in [-0.15, -0.1) is 0 Å². The Morgan fingerprint density at radius 2 is 2.00 bits per heavy atom. The SMILES string of the molecule is Cc1ccc(Oc2cc(Br)ccc2CC(C)N)cc1F. The first kappa shape index (κ1) is 15.0. The number of hydrogen-bond donors (Lipinski definition) is 1. The zero-order chi connectivity index (χ0) is 14.7. The number of benzene rings is 2. The summed E-state index contributed by atoms with van der Waals surface area (Å²) in [6.07, 6.45) is 0.705. The van der Waals surface area contributed by atoms with Crippen molar-refractivity contribution >= 4 is 15.9 Å². The van der Waals surface area contributed by atoms with E-state index in [0.29, 0.717) is 23.5 Å². The molecule has 0 aliphatic heterocycles. The molecule has 0 fully saturated rings. The predicted molar refractivity (Wildman–Crippen MR) is 82.7 cm³/mol. The normalized spacial score (nSPS) is 12.2. The van der Waals surface area contributed by atoms with E-state index in [0.717, 1.165) is 10.0 Å². The van der Waals surface area contributed by atoms with E-state index in [1.807, 2.05) is 25.1 Å². The molecule has 0 heterocycles. The number of aryl methyl sites for hydroxylation is 1. The lowest BCUT2D eigenvalue weighted by atomic mass is 10.1. The second-order valence-electron chi connectivity index (χ2n) is 4.95. The minimum Gasteiger partial charge on any atom is -0.457 e. The topological polar surface area (TPSA) is 35.2 Å². The summed E-state index contributed by atoms with van der Waals surface area (Å²) in [7, 11) is 0. The molecule has 0 saturated heterocycles. The van der Waals surface area contributed by atoms with Crippen LogP contribution in [-0.2, 0) is 6.42 Å². The molecule has 1 atom stereocenters. The molecule has 2 aromatic carbocycles. The Balaban J connectivity index is 2.31. The lowest BCUT2D eigenvalue weighted by Gasteiger charge is -2.13. The summed E-state index contributed by atoms with van der Waals surface area (Å²) in [6, 6.07) is 10.7. The summed E-state index contributed by atoms with van der Waals surface area (Å²) >= 11 is 3.42. The third-order valence-corrected chi connectivity index (χ3v) is 3.44. The lowest BCUT2D eigenvalue weighted by Crippen LogP contribution is -2.18. The van der Waals surface area contributed by atoms with Gasteiger partial charge in [0.2, 0.25) is 0 Å². The highest BCUT2D eigenvalue weighted by molar-refractivity contribution is 9.10. The predicted octanol–water partition coefficient (Wildman–Crippen LogP) is 4.58. The van der Waals surface area contributed by atoms with E-state index in [2.05, 4.69) is 15.9 Å². The van der Waals surface area contributed by atoms with Crippen molar-refractivity contribution in [3.8, 4) is 11.5 Å². The fraction of sp³-hybridized carbons (Fsp3) is 0.250. The molecule has 0 bridgehead atoms. The Kier molecular flexibility index (Phi) is 4.78. The van der Waals surface area contributed by atoms with Gasteiger partial charge in [-0.3, -0.25) is 0 Å². The van der Waals surface area contributed by atoms with Crippen LogP contribution in [0.3, 0.4) is 0 Å². The van der Waals surface area contributed by atoms with E-state index in [1.54, 1.807) is 19.1 Å². The number of hydrogen-bond acceptors (Lipinski definition) is 2. The van der Waals surface area contributed by atoms with Gasteiger partial charge >= 0.3 is 0 Å². The van der Waals surface area contributed by atoms with Crippen LogP contribution in [0.1, 0.15) is 18.1 Å². The number of rotatable bonds is 4. The van der Waals surface area contributed by atoms with Crippen molar-refractivity contribution in [1.82, 2.24) is 0 Å². The summed E-state index contributed by atoms with van der Waals surface area (Å²) in [6.45, 7) is 3.66. The van der Waals surface area contributed by atoms with Crippen molar-refractivity contribution in [2.75, 3.05) is 0 Å². The molecule has 0 spiro atoms. The Hall–Kier alpha value is -1.39. The minimum absolute atomic E-state index is 0.0354. The fourth-order valence-electron chi connectivity index (χ4n) is 1.90. The van der Waals surface area contributed by atoms with Gasteiger partial charge in [0.1, 0.15) is 17.3 Å². The number of nitrogens with two attached hydrogens (primary N) is 1. The highest BCUT2D eigenvalue weighted by Gasteiger charge is 2.09. The summed E-state index contributed by atoms with van der Waals surface area (Å²) in [5.74, 6) is 0.906. The first-order valence-electron chi connectivity index (χ1n) is 6.43. The molecular weight excluding hydrogens is 321 g/mol. The first-order chi connectivity index (χ1) is 9.45. The van der Waals surface area contributed by atoms with Crippen LogP contribution in [-0.4, -0.2) is 6.04 Å². The highest BCUT2D eigenvalue weighted by Crippen LogP contribution is 2.30. The number of halogens is 2. The van der Waals surface area contributed by atoms with Crippen LogP contribution in [0.5, 0.6) is 11.5 Å². The van der Waals surface area contributed by atoms with E-state index in [1.165, 1.54) is 6.07 Å². The van der Waals surface area contributed by atoms with Gasteiger partial charge in [0.25, 0.3) is 0 Å². The summed E-state index contributed by atoms with van der Waals surface area (Å²) in [5.41, 5.74) is 7.44. The molecule has 0 saturated carbocycles. The summed E-state index contributed by atoms with van der Waals surface area (Å²) in [5, 5.41) is 0. The van der Waals surface area contributed by atoms with Gasteiger partial charge in [-0.2, -0.15) is 0 Å². The zero-order valence-electron chi connectivity index (χ0n) is 11.5. The highest BCUT2D eigenvalue weighted by atomic mass is 79.9. The monoisotopic (exact) mass is 337 g/mol. The van der Waals surface area contributed by atoms with Gasteiger partial charge in [0, 0.05) is 16.6 Å². The molecule has 2 aromatic rings. The average molecular weight is 338 g/mol. The smallest absolute Gasteiger partial charge is 0.131 e. The molecule has 0 aliphatic rings. The largest absolute Gasteiger partial charge is 0.457 e. The summed E-state index contributed by atoms with van der Waals surface area (Å²) in [4.78, 5) is 0. The number of ether oxygens (including phenoxy) is 1. The van der Waals surface area contributed by atoms with Gasteiger partial charge in [0.05, 0.1) is 0 Å². The van der Waals surface area contributed by atoms with Gasteiger partial charge in [-0.25, -0.2) is 4.39 Å². The van der Waals surface area contributed by atoms with Gasteiger partial charge in [-0.1, -0.05) is 28.1 Å². The van der Waals surface area contributed by atoms with Crippen molar-refractivity contribution in [3.05, 3.63) is 57.8 Å². The third-order valence-electron chi connectivity index (χ3n) is 2.94. The van der Waals surface area contributed by atoms with Crippen LogP contribution in [0.25, 0.3) is 0 Å². The molecule has 0 amide bonds. The van der Waals surface area contributed by atoms with Crippen molar-refractivity contribution in [1.29, 1.82) is 0 Å². The molecule has 1 unspecified atom stereocenters. The molecule has 0 aliphatic carbocycles. The van der Waals surface area contributed by atoms with Crippen LogP contribution in [0.2, 0.25) is 0 Å². The Labute approximate surface area is 126 Å². The molecule has 2 N–H and O–H groups in total. The second-order valence-corrected chi connectivity index (χ2v) is 5.86. The van der Waals surface area contributed by atoms with E-state index in [9.17, 15) is 4.39 Å². The lowest BCUT2D eigenvalue weighted by molar-refractivity contribution is 0.467. The quantitative estimate of drug-likeness (QED) is 0.886. The van der Waals surface area contributed by atoms with Crippen LogP contribution >= 0.6 is 15.9 Å². The van der Waals surface area contributed by atoms with Crippen LogP contribution in [0, 0.1) is 12.7 Å². The average Bonchev–Trinajstić information content (AvgIpc) is 2.37. The third kappa shape index (κ3) is 3.81. The molecule has 4 heteroatoms. The Morgan fingerprint density at radius 3 is 2.65 bits per heavy atom.